The maximum absolute atomic E-state index is 13.8. The number of anilines is 1. The number of Topliss-reactive ketones (excluding diaryl/α,β-unsaturated/α-hetero) is 2. The quantitative estimate of drug-likeness (QED) is 0.168. The van der Waals surface area contributed by atoms with Crippen LogP contribution in [0.15, 0.2) is 75.9 Å². The molecule has 3 aliphatic rings. The Morgan fingerprint density at radius 2 is 1.54 bits per heavy atom. The van der Waals surface area contributed by atoms with E-state index in [0.717, 1.165) is 79.3 Å². The molecule has 2 heterocycles. The molecule has 1 amide bonds. The van der Waals surface area contributed by atoms with Crippen molar-refractivity contribution in [2.75, 3.05) is 18.5 Å². The molecule has 1 aliphatic heterocycles. The number of carbonyl (C=O) groups is 3. The average molecular weight is 677 g/mol. The number of amidine groups is 1. The van der Waals surface area contributed by atoms with E-state index in [1.165, 1.54) is 0 Å². The number of pyridine rings is 1. The number of aliphatic imine (C=N–C) groups is 1. The van der Waals surface area contributed by atoms with Crippen LogP contribution in [0, 0.1) is 30.6 Å². The van der Waals surface area contributed by atoms with Crippen LogP contribution in [0.25, 0.3) is 11.1 Å². The van der Waals surface area contributed by atoms with E-state index in [2.05, 4.69) is 25.5 Å². The van der Waals surface area contributed by atoms with Crippen molar-refractivity contribution in [1.29, 1.82) is 0 Å². The number of rotatable bonds is 13. The molecule has 0 radical (unpaired) electrons. The first-order chi connectivity index (χ1) is 24.2. The largest absolute Gasteiger partial charge is 0.393 e. The van der Waals surface area contributed by atoms with Crippen molar-refractivity contribution >= 4 is 29.0 Å². The first-order valence-corrected chi connectivity index (χ1v) is 18.1. The fraction of sp³-hybridized carbons (Fsp3) is 0.475. The maximum Gasteiger partial charge on any atom is 0.228 e. The summed E-state index contributed by atoms with van der Waals surface area (Å²) in [6.07, 6.45) is 7.67. The molecule has 0 unspecified atom stereocenters. The number of nitrogens with one attached hydrogen (secondary N) is 1. The Morgan fingerprint density at radius 3 is 2.18 bits per heavy atom. The topological polar surface area (TPSA) is 159 Å². The Bertz CT molecular complexity index is 1720. The molecule has 0 spiro atoms. The number of hydrogen-bond acceptors (Lipinski definition) is 9. The second-order valence-corrected chi connectivity index (χ2v) is 14.3. The summed E-state index contributed by atoms with van der Waals surface area (Å²) in [4.78, 5) is 49.2. The van der Waals surface area contributed by atoms with Gasteiger partial charge >= 0.3 is 0 Å². The van der Waals surface area contributed by atoms with Gasteiger partial charge in [-0.1, -0.05) is 30.3 Å². The van der Waals surface area contributed by atoms with Gasteiger partial charge in [0.15, 0.2) is 18.3 Å². The van der Waals surface area contributed by atoms with E-state index in [1.807, 2.05) is 61.5 Å². The first kappa shape index (κ1) is 35.4. The van der Waals surface area contributed by atoms with Crippen molar-refractivity contribution in [3.63, 3.8) is 0 Å². The zero-order valence-electron chi connectivity index (χ0n) is 28.9. The summed E-state index contributed by atoms with van der Waals surface area (Å²) in [5.41, 5.74) is 11.5. The highest BCUT2D eigenvalue weighted by Crippen LogP contribution is 2.32. The predicted molar refractivity (Wildman–Crippen MR) is 194 cm³/mol. The highest BCUT2D eigenvalue weighted by molar-refractivity contribution is 6.01. The molecule has 2 fully saturated rings. The summed E-state index contributed by atoms with van der Waals surface area (Å²) >= 11 is 0. The van der Waals surface area contributed by atoms with Gasteiger partial charge in [0.25, 0.3) is 0 Å². The molecule has 4 N–H and O–H groups in total. The highest BCUT2D eigenvalue weighted by atomic mass is 16.3. The van der Waals surface area contributed by atoms with Gasteiger partial charge in [-0.05, 0) is 125 Å². The highest BCUT2D eigenvalue weighted by Gasteiger charge is 2.30. The van der Waals surface area contributed by atoms with E-state index in [9.17, 15) is 19.5 Å². The number of aryl methyl sites for hydroxylation is 1. The minimum atomic E-state index is -0.533. The molecule has 10 heteroatoms. The SMILES string of the molecule is Cc1nc(C(=O)CC2CCC(O)CC2)ccc1-c1ccc(C[C@H](CC(=O)C2CCC(CN)CC2)C(=O)Nc2ccc(C3=NCN=N3)cc2)cc1. The number of nitrogens with two attached hydrogens (primary N) is 1. The van der Waals surface area contributed by atoms with Crippen molar-refractivity contribution in [3.05, 3.63) is 83.2 Å². The van der Waals surface area contributed by atoms with Gasteiger partial charge in [0.2, 0.25) is 5.91 Å². The third-order valence-corrected chi connectivity index (χ3v) is 10.7. The lowest BCUT2D eigenvalue weighted by molar-refractivity contribution is -0.129. The smallest absolute Gasteiger partial charge is 0.228 e. The number of ketones is 2. The van der Waals surface area contributed by atoms with Crippen LogP contribution in [0.1, 0.15) is 91.5 Å². The number of carbonyl (C=O) groups excluding carboxylic acids is 3. The van der Waals surface area contributed by atoms with E-state index in [1.54, 1.807) is 6.07 Å². The summed E-state index contributed by atoms with van der Waals surface area (Å²) in [6.45, 7) is 2.90. The molecule has 10 nitrogen and oxygen atoms in total. The standard InChI is InChI=1S/C40H48N6O4/c1-25-35(18-19-36(44-25)38(49)21-27-6-16-34(47)17-7-27)29-8-2-26(3-9-29)20-32(22-37(48)30-10-4-28(23-41)5-11-30)40(50)45-33-14-12-31(13-15-33)39-42-24-43-46-39/h2-3,8-9,12-15,18-19,27-28,30,32,34,47H,4-7,10-11,16-17,20-24,41H2,1H3,(H,45,50)/t27?,28?,30?,32-,34?/m1/s1. The summed E-state index contributed by atoms with van der Waals surface area (Å²) in [6, 6.07) is 19.2. The summed E-state index contributed by atoms with van der Waals surface area (Å²) < 4.78 is 0. The van der Waals surface area contributed by atoms with Crippen LogP contribution in [-0.4, -0.2) is 52.7 Å². The molecule has 2 saturated carbocycles. The number of benzene rings is 2. The predicted octanol–water partition coefficient (Wildman–Crippen LogP) is 6.87. The number of nitrogens with zero attached hydrogens (tertiary/aromatic N) is 4. The van der Waals surface area contributed by atoms with Crippen LogP contribution in [0.4, 0.5) is 5.69 Å². The van der Waals surface area contributed by atoms with Gasteiger partial charge in [-0.25, -0.2) is 9.98 Å². The van der Waals surface area contributed by atoms with Crippen molar-refractivity contribution in [2.24, 2.45) is 44.6 Å². The second kappa shape index (κ2) is 16.5. The average Bonchev–Trinajstić information content (AvgIpc) is 3.68. The summed E-state index contributed by atoms with van der Waals surface area (Å²) in [5.74, 6) is 0.802. The molecule has 50 heavy (non-hydrogen) atoms. The zero-order valence-corrected chi connectivity index (χ0v) is 28.9. The Balaban J connectivity index is 1.13. The number of azo groups is 1. The van der Waals surface area contributed by atoms with Crippen molar-refractivity contribution in [2.45, 2.75) is 83.7 Å². The number of aliphatic hydroxyl groups excluding tert-OH is 1. The summed E-state index contributed by atoms with van der Waals surface area (Å²) in [5, 5.41) is 20.8. The molecule has 0 saturated heterocycles. The lowest BCUT2D eigenvalue weighted by atomic mass is 9.77. The zero-order chi connectivity index (χ0) is 35.0. The van der Waals surface area contributed by atoms with Crippen molar-refractivity contribution in [1.82, 2.24) is 4.98 Å². The van der Waals surface area contributed by atoms with Crippen LogP contribution in [0.2, 0.25) is 0 Å². The fourth-order valence-electron chi connectivity index (χ4n) is 7.55. The van der Waals surface area contributed by atoms with Crippen molar-refractivity contribution < 1.29 is 19.5 Å². The molecular formula is C40H48N6O4. The molecule has 3 aromatic rings. The van der Waals surface area contributed by atoms with E-state index < -0.39 is 5.92 Å². The van der Waals surface area contributed by atoms with E-state index in [4.69, 9.17) is 5.73 Å². The number of aromatic nitrogens is 1. The van der Waals surface area contributed by atoms with Crippen molar-refractivity contribution in [3.8, 4) is 11.1 Å². The van der Waals surface area contributed by atoms with Gasteiger partial charge in [0.1, 0.15) is 11.5 Å². The molecule has 6 rings (SSSR count). The van der Waals surface area contributed by atoms with Gasteiger partial charge in [0.05, 0.1) is 6.10 Å². The minimum absolute atomic E-state index is 0.0306. The molecule has 1 aromatic heterocycles. The van der Waals surface area contributed by atoms with Gasteiger partial charge < -0.3 is 16.2 Å². The van der Waals surface area contributed by atoms with Crippen LogP contribution in [0.5, 0.6) is 0 Å². The Kier molecular flexibility index (Phi) is 11.7. The molecule has 0 bridgehead atoms. The number of amides is 1. The van der Waals surface area contributed by atoms with Gasteiger partial charge in [0, 0.05) is 47.2 Å². The van der Waals surface area contributed by atoms with E-state index >= 15 is 0 Å². The Morgan fingerprint density at radius 1 is 0.860 bits per heavy atom. The molecule has 2 aliphatic carbocycles. The monoisotopic (exact) mass is 676 g/mol. The molecule has 1 atom stereocenters. The Labute approximate surface area is 294 Å². The van der Waals surface area contributed by atoms with E-state index in [-0.39, 0.29) is 35.9 Å². The van der Waals surface area contributed by atoms with Crippen LogP contribution >= 0.6 is 0 Å². The maximum atomic E-state index is 13.8. The summed E-state index contributed by atoms with van der Waals surface area (Å²) in [7, 11) is 0. The van der Waals surface area contributed by atoms with Gasteiger partial charge in [-0.15, -0.1) is 5.11 Å². The fourth-order valence-corrected chi connectivity index (χ4v) is 7.55. The third kappa shape index (κ3) is 9.03. The minimum Gasteiger partial charge on any atom is -0.393 e. The van der Waals surface area contributed by atoms with Crippen LogP contribution in [-0.2, 0) is 16.0 Å². The van der Waals surface area contributed by atoms with Gasteiger partial charge in [-0.2, -0.15) is 5.11 Å². The third-order valence-electron chi connectivity index (χ3n) is 10.7. The Hall–Kier alpha value is -4.41. The van der Waals surface area contributed by atoms with Gasteiger partial charge in [-0.3, -0.25) is 14.4 Å². The lowest BCUT2D eigenvalue weighted by Crippen LogP contribution is -2.31. The molecule has 262 valence electrons. The molecule has 2 aromatic carbocycles. The normalized spacial score (nSPS) is 22.5. The number of hydrogen-bond donors (Lipinski definition) is 3. The number of aliphatic hydroxyl groups is 1. The lowest BCUT2D eigenvalue weighted by Gasteiger charge is -2.27. The second-order valence-electron chi connectivity index (χ2n) is 14.3. The van der Waals surface area contributed by atoms with E-state index in [0.29, 0.717) is 55.1 Å². The first-order valence-electron chi connectivity index (χ1n) is 18.1. The molecular weight excluding hydrogens is 628 g/mol. The van der Waals surface area contributed by atoms with Crippen LogP contribution in [0.3, 0.4) is 0 Å². The van der Waals surface area contributed by atoms with Crippen LogP contribution < -0.4 is 11.1 Å².